The highest BCUT2D eigenvalue weighted by Crippen LogP contribution is 2.43. The predicted molar refractivity (Wildman–Crippen MR) is 93.0 cm³/mol. The van der Waals surface area contributed by atoms with Crippen molar-refractivity contribution in [3.05, 3.63) is 41.5 Å². The molecule has 1 aliphatic heterocycles. The lowest BCUT2D eigenvalue weighted by Gasteiger charge is -2.49. The van der Waals surface area contributed by atoms with E-state index in [0.29, 0.717) is 19.3 Å². The van der Waals surface area contributed by atoms with Gasteiger partial charge in [-0.3, -0.25) is 4.79 Å². The number of benzene rings is 1. The van der Waals surface area contributed by atoms with Crippen molar-refractivity contribution in [2.24, 2.45) is 5.92 Å². The van der Waals surface area contributed by atoms with Gasteiger partial charge in [0.2, 0.25) is 0 Å². The van der Waals surface area contributed by atoms with Gasteiger partial charge in [0.05, 0.1) is 5.60 Å². The second-order valence-electron chi connectivity index (χ2n) is 8.36. The molecule has 1 saturated heterocycles. The van der Waals surface area contributed by atoms with Crippen molar-refractivity contribution in [2.45, 2.75) is 63.6 Å². The van der Waals surface area contributed by atoms with Crippen LogP contribution < -0.4 is 5.32 Å². The predicted octanol–water partition coefficient (Wildman–Crippen LogP) is 3.42. The van der Waals surface area contributed by atoms with E-state index in [9.17, 15) is 9.90 Å². The van der Waals surface area contributed by atoms with Gasteiger partial charge in [-0.05, 0) is 51.7 Å². The number of piperidine rings is 1. The molecule has 0 bridgehead atoms. The highest BCUT2D eigenvalue weighted by atomic mass is 16.3. The van der Waals surface area contributed by atoms with E-state index in [1.54, 1.807) is 0 Å². The summed E-state index contributed by atoms with van der Waals surface area (Å²) in [6.45, 7) is 8.28. The van der Waals surface area contributed by atoms with Gasteiger partial charge in [0.15, 0.2) is 0 Å². The molecule has 2 atom stereocenters. The average Bonchev–Trinajstić information content (AvgIpc) is 2.42. The Hall–Kier alpha value is -1.45. The Balaban J connectivity index is 1.92. The maximum atomic E-state index is 12.8. The number of nitrogens with one attached hydrogen (secondary N) is 1. The first-order valence-electron chi connectivity index (χ1n) is 8.44. The van der Waals surface area contributed by atoms with Crippen LogP contribution in [0.2, 0.25) is 0 Å². The molecular formula is C20H27NO2. The molecule has 23 heavy (non-hydrogen) atoms. The Labute approximate surface area is 138 Å². The number of fused-ring (bicyclic) bond motifs is 1. The van der Waals surface area contributed by atoms with Crippen molar-refractivity contribution in [1.29, 1.82) is 0 Å². The van der Waals surface area contributed by atoms with Crippen LogP contribution in [0, 0.1) is 5.92 Å². The van der Waals surface area contributed by atoms with Crippen LogP contribution in [0.1, 0.15) is 58.1 Å². The lowest BCUT2D eigenvalue weighted by atomic mass is 9.67. The number of ketones is 1. The van der Waals surface area contributed by atoms with Crippen molar-refractivity contribution in [3.8, 4) is 0 Å². The molecule has 2 N–H and O–H groups in total. The fraction of sp³-hybridized carbons (Fsp3) is 0.550. The minimum atomic E-state index is -0.966. The first-order valence-corrected chi connectivity index (χ1v) is 8.44. The molecular weight excluding hydrogens is 286 g/mol. The van der Waals surface area contributed by atoms with Crippen LogP contribution in [0.5, 0.6) is 0 Å². The van der Waals surface area contributed by atoms with Gasteiger partial charge in [0, 0.05) is 23.4 Å². The summed E-state index contributed by atoms with van der Waals surface area (Å²) in [7, 11) is 0. The van der Waals surface area contributed by atoms with Crippen LogP contribution in [0.15, 0.2) is 30.3 Å². The largest absolute Gasteiger partial charge is 0.385 e. The molecule has 3 nitrogen and oxygen atoms in total. The van der Waals surface area contributed by atoms with Gasteiger partial charge in [0.1, 0.15) is 5.78 Å². The maximum Gasteiger partial charge on any atom is 0.139 e. The first-order chi connectivity index (χ1) is 10.6. The topological polar surface area (TPSA) is 49.3 Å². The third-order valence-corrected chi connectivity index (χ3v) is 5.29. The van der Waals surface area contributed by atoms with E-state index in [1.807, 2.05) is 30.3 Å². The molecule has 0 amide bonds. The molecule has 1 aromatic rings. The lowest BCUT2D eigenvalue weighted by Crippen LogP contribution is -2.64. The van der Waals surface area contributed by atoms with Crippen LogP contribution in [0.25, 0.3) is 6.08 Å². The fourth-order valence-electron chi connectivity index (χ4n) is 4.42. The van der Waals surface area contributed by atoms with E-state index in [0.717, 1.165) is 11.1 Å². The third-order valence-electron chi connectivity index (χ3n) is 5.29. The number of carbonyl (C=O) groups is 1. The van der Waals surface area contributed by atoms with Gasteiger partial charge in [-0.1, -0.05) is 36.4 Å². The molecule has 2 unspecified atom stereocenters. The van der Waals surface area contributed by atoms with Crippen molar-refractivity contribution in [3.63, 3.8) is 0 Å². The van der Waals surface area contributed by atoms with Gasteiger partial charge >= 0.3 is 0 Å². The average molecular weight is 313 g/mol. The van der Waals surface area contributed by atoms with Crippen LogP contribution in [0.3, 0.4) is 0 Å². The van der Waals surface area contributed by atoms with Gasteiger partial charge in [0.25, 0.3) is 0 Å². The molecule has 1 fully saturated rings. The highest BCUT2D eigenvalue weighted by Gasteiger charge is 2.48. The zero-order valence-corrected chi connectivity index (χ0v) is 14.5. The maximum absolute atomic E-state index is 12.8. The molecule has 0 saturated carbocycles. The Morgan fingerprint density at radius 2 is 1.91 bits per heavy atom. The SMILES string of the molecule is CC1(C)CC(=O)C(CC2(O)CC=Cc3ccccc32)C(C)(C)N1. The minimum absolute atomic E-state index is 0.190. The van der Waals surface area contributed by atoms with Crippen LogP contribution in [-0.2, 0) is 10.4 Å². The standard InChI is InChI=1S/C20H27NO2/c1-18(2)13-17(22)16(19(3,4)21-18)12-20(23)11-7-9-14-8-5-6-10-15(14)20/h5-10,16,21,23H,11-13H2,1-4H3. The van der Waals surface area contributed by atoms with E-state index in [-0.39, 0.29) is 22.8 Å². The number of Topliss-reactive ketones (excluding diaryl/α,β-unsaturated/α-hetero) is 1. The Morgan fingerprint density at radius 3 is 2.61 bits per heavy atom. The third kappa shape index (κ3) is 3.00. The van der Waals surface area contributed by atoms with Crippen LogP contribution in [-0.4, -0.2) is 22.0 Å². The van der Waals surface area contributed by atoms with Crippen molar-refractivity contribution in [2.75, 3.05) is 0 Å². The van der Waals surface area contributed by atoms with E-state index in [4.69, 9.17) is 0 Å². The molecule has 3 rings (SSSR count). The number of hydrogen-bond donors (Lipinski definition) is 2. The summed E-state index contributed by atoms with van der Waals surface area (Å²) in [5.74, 6) is 0.0549. The van der Waals surface area contributed by atoms with E-state index in [2.05, 4.69) is 39.1 Å². The number of hydrogen-bond acceptors (Lipinski definition) is 3. The van der Waals surface area contributed by atoms with E-state index in [1.165, 1.54) is 0 Å². The van der Waals surface area contributed by atoms with Gasteiger partial charge in [-0.15, -0.1) is 0 Å². The molecule has 1 heterocycles. The van der Waals surface area contributed by atoms with Crippen molar-refractivity contribution >= 4 is 11.9 Å². The van der Waals surface area contributed by atoms with Gasteiger partial charge in [-0.2, -0.15) is 0 Å². The first kappa shape index (κ1) is 16.4. The molecule has 1 aliphatic carbocycles. The van der Waals surface area contributed by atoms with Crippen molar-refractivity contribution < 1.29 is 9.90 Å². The quantitative estimate of drug-likeness (QED) is 0.879. The summed E-state index contributed by atoms with van der Waals surface area (Å²) in [5, 5.41) is 14.9. The Bertz CT molecular complexity index is 659. The van der Waals surface area contributed by atoms with Gasteiger partial charge < -0.3 is 10.4 Å². The second kappa shape index (κ2) is 5.29. The van der Waals surface area contributed by atoms with Crippen LogP contribution >= 0.6 is 0 Å². The Kier molecular flexibility index (Phi) is 3.77. The zero-order valence-electron chi connectivity index (χ0n) is 14.5. The molecule has 0 radical (unpaired) electrons. The summed E-state index contributed by atoms with van der Waals surface area (Å²) >= 11 is 0. The smallest absolute Gasteiger partial charge is 0.139 e. The van der Waals surface area contributed by atoms with Crippen LogP contribution in [0.4, 0.5) is 0 Å². The van der Waals surface area contributed by atoms with Gasteiger partial charge in [-0.25, -0.2) is 0 Å². The molecule has 0 spiro atoms. The monoisotopic (exact) mass is 313 g/mol. The molecule has 2 aliphatic rings. The van der Waals surface area contributed by atoms with Crippen molar-refractivity contribution in [1.82, 2.24) is 5.32 Å². The van der Waals surface area contributed by atoms with E-state index < -0.39 is 5.60 Å². The molecule has 0 aromatic heterocycles. The lowest BCUT2D eigenvalue weighted by molar-refractivity contribution is -0.134. The molecule has 3 heteroatoms. The number of aliphatic hydroxyl groups is 1. The normalized spacial score (nSPS) is 31.7. The second-order valence-corrected chi connectivity index (χ2v) is 8.36. The number of carbonyl (C=O) groups excluding carboxylic acids is 1. The minimum Gasteiger partial charge on any atom is -0.385 e. The molecule has 124 valence electrons. The summed E-state index contributed by atoms with van der Waals surface area (Å²) < 4.78 is 0. The summed E-state index contributed by atoms with van der Waals surface area (Å²) in [4.78, 5) is 12.8. The summed E-state index contributed by atoms with van der Waals surface area (Å²) in [6, 6.07) is 7.94. The van der Waals surface area contributed by atoms with E-state index >= 15 is 0 Å². The summed E-state index contributed by atoms with van der Waals surface area (Å²) in [5.41, 5.74) is 0.507. The number of rotatable bonds is 2. The zero-order chi connectivity index (χ0) is 16.9. The summed E-state index contributed by atoms with van der Waals surface area (Å²) in [6.07, 6.45) is 5.60. The highest BCUT2D eigenvalue weighted by molar-refractivity contribution is 5.84. The molecule has 1 aromatic carbocycles. The Morgan fingerprint density at radius 1 is 1.22 bits per heavy atom. The fourth-order valence-corrected chi connectivity index (χ4v) is 4.42.